The predicted octanol–water partition coefficient (Wildman–Crippen LogP) is 4.90. The van der Waals surface area contributed by atoms with Crippen LogP contribution in [0.5, 0.6) is 5.75 Å². The van der Waals surface area contributed by atoms with Crippen molar-refractivity contribution in [2.24, 2.45) is 5.92 Å². The number of nitrogens with zero attached hydrogens (tertiary/aromatic N) is 4. The second-order valence-electron chi connectivity index (χ2n) is 9.36. The average molecular weight is 499 g/mol. The zero-order chi connectivity index (χ0) is 25.5. The first kappa shape index (κ1) is 24.8. The van der Waals surface area contributed by atoms with Crippen LogP contribution >= 0.6 is 0 Å². The molecule has 0 unspecified atom stereocenters. The summed E-state index contributed by atoms with van der Waals surface area (Å²) in [6, 6.07) is 15.3. The van der Waals surface area contributed by atoms with Crippen LogP contribution in [0.2, 0.25) is 0 Å². The molecule has 9 nitrogen and oxygen atoms in total. The molecule has 2 saturated heterocycles. The van der Waals surface area contributed by atoms with Crippen molar-refractivity contribution in [2.75, 3.05) is 31.7 Å². The van der Waals surface area contributed by atoms with Gasteiger partial charge in [-0.25, -0.2) is 9.97 Å². The minimum absolute atomic E-state index is 0.0530. The Labute approximate surface area is 216 Å². The van der Waals surface area contributed by atoms with Crippen LogP contribution in [0.4, 0.5) is 11.6 Å². The van der Waals surface area contributed by atoms with Gasteiger partial charge in [-0.3, -0.25) is 0 Å². The highest BCUT2D eigenvalue weighted by atomic mass is 16.5. The third-order valence-corrected chi connectivity index (χ3v) is 6.63. The Balaban J connectivity index is 1.21. The van der Waals surface area contributed by atoms with E-state index in [4.69, 9.17) is 19.6 Å². The normalized spacial score (nSPS) is 16.0. The summed E-state index contributed by atoms with van der Waals surface area (Å²) in [5.41, 5.74) is 3.53. The average Bonchev–Trinajstić information content (AvgIpc) is 2.91. The summed E-state index contributed by atoms with van der Waals surface area (Å²) in [5, 5.41) is 21.2. The van der Waals surface area contributed by atoms with Crippen LogP contribution in [0.1, 0.15) is 43.2 Å². The Morgan fingerprint density at radius 3 is 2.62 bits per heavy atom. The first-order chi connectivity index (χ1) is 18.2. The van der Waals surface area contributed by atoms with Crippen molar-refractivity contribution < 1.29 is 14.2 Å². The zero-order valence-corrected chi connectivity index (χ0v) is 20.7. The maximum atomic E-state index is 9.68. The molecule has 0 aliphatic carbocycles. The van der Waals surface area contributed by atoms with E-state index >= 15 is 0 Å². The van der Waals surface area contributed by atoms with Gasteiger partial charge in [0.05, 0.1) is 32.0 Å². The second kappa shape index (κ2) is 11.9. The molecule has 2 N–H and O–H groups in total. The van der Waals surface area contributed by atoms with E-state index in [0.717, 1.165) is 56.6 Å². The number of anilines is 2. The smallest absolute Gasteiger partial charge is 0.230 e. The lowest BCUT2D eigenvalue weighted by Gasteiger charge is -2.25. The van der Waals surface area contributed by atoms with Gasteiger partial charge in [-0.2, -0.15) is 10.2 Å². The lowest BCUT2D eigenvalue weighted by Crippen LogP contribution is -2.27. The Hall–Kier alpha value is -3.87. The number of ether oxygens (including phenoxy) is 3. The molecule has 0 amide bonds. The highest BCUT2D eigenvalue weighted by Gasteiger charge is 2.19. The molecule has 3 heterocycles. The minimum Gasteiger partial charge on any atom is -0.489 e. The monoisotopic (exact) mass is 498 g/mol. The van der Waals surface area contributed by atoms with E-state index in [1.54, 1.807) is 12.1 Å². The van der Waals surface area contributed by atoms with Gasteiger partial charge in [0.15, 0.2) is 5.82 Å². The van der Waals surface area contributed by atoms with E-state index < -0.39 is 0 Å². The number of nitrogens with one attached hydrogen (secondary N) is 2. The van der Waals surface area contributed by atoms with Gasteiger partial charge in [0.25, 0.3) is 0 Å². The first-order valence-electron chi connectivity index (χ1n) is 12.7. The fraction of sp³-hybridized carbons (Fsp3) is 0.393. The van der Waals surface area contributed by atoms with Gasteiger partial charge in [-0.1, -0.05) is 12.1 Å². The fourth-order valence-corrected chi connectivity index (χ4v) is 4.38. The van der Waals surface area contributed by atoms with E-state index in [9.17, 15) is 5.26 Å². The third kappa shape index (κ3) is 6.47. The molecule has 37 heavy (non-hydrogen) atoms. The molecular formula is C28H30N6O3. The van der Waals surface area contributed by atoms with E-state index in [1.165, 1.54) is 6.33 Å². The summed E-state index contributed by atoms with van der Waals surface area (Å²) in [7, 11) is 0. The van der Waals surface area contributed by atoms with Gasteiger partial charge in [0, 0.05) is 35.7 Å². The molecule has 1 aromatic heterocycles. The summed E-state index contributed by atoms with van der Waals surface area (Å²) in [5.74, 6) is 2.09. The molecular weight excluding hydrogens is 468 g/mol. The Kier molecular flexibility index (Phi) is 7.99. The molecule has 2 fully saturated rings. The van der Waals surface area contributed by atoms with Crippen molar-refractivity contribution in [3.63, 3.8) is 0 Å². The molecule has 0 spiro atoms. The van der Waals surface area contributed by atoms with Crippen molar-refractivity contribution in [1.29, 1.82) is 10.7 Å². The second-order valence-corrected chi connectivity index (χ2v) is 9.36. The van der Waals surface area contributed by atoms with Crippen LogP contribution in [0.3, 0.4) is 0 Å². The molecule has 0 atom stereocenters. The molecule has 0 saturated carbocycles. The third-order valence-electron chi connectivity index (χ3n) is 6.63. The molecule has 5 rings (SSSR count). The van der Waals surface area contributed by atoms with E-state index in [1.807, 2.05) is 30.3 Å². The number of rotatable bonds is 10. The summed E-state index contributed by atoms with van der Waals surface area (Å²) in [4.78, 5) is 13.1. The topological polar surface area (TPSA) is 126 Å². The highest BCUT2D eigenvalue weighted by Crippen LogP contribution is 2.27. The van der Waals surface area contributed by atoms with Crippen LogP contribution in [0.25, 0.3) is 11.4 Å². The maximum absolute atomic E-state index is 9.68. The Bertz CT molecular complexity index is 1260. The SMILES string of the molecule is N#Cc1cc(-c2ncnc(Nc3ccc(C(=N)CCCC4COC4)cc3)n2)ccc1OC1CCOCC1. The number of aromatic nitrogens is 3. The van der Waals surface area contributed by atoms with Crippen molar-refractivity contribution >= 4 is 17.3 Å². The van der Waals surface area contributed by atoms with Crippen LogP contribution in [0, 0.1) is 22.7 Å². The summed E-state index contributed by atoms with van der Waals surface area (Å²) in [6.45, 7) is 3.07. The van der Waals surface area contributed by atoms with Gasteiger partial charge < -0.3 is 24.9 Å². The number of benzene rings is 2. The summed E-state index contributed by atoms with van der Waals surface area (Å²) < 4.78 is 16.6. The van der Waals surface area contributed by atoms with Crippen molar-refractivity contribution in [2.45, 2.75) is 38.2 Å². The van der Waals surface area contributed by atoms with Crippen LogP contribution in [-0.4, -0.2) is 53.2 Å². The van der Waals surface area contributed by atoms with Gasteiger partial charge >= 0.3 is 0 Å². The lowest BCUT2D eigenvalue weighted by atomic mass is 9.97. The standard InChI is InChI=1S/C28H30N6O3/c29-15-22-14-21(6-9-26(22)37-24-10-12-35-13-11-24)27-31-18-32-28(34-27)33-23-7-4-20(5-8-23)25(30)3-1-2-19-16-36-17-19/h4-9,14,18-19,24,30H,1-3,10-13,16-17H2,(H,31,32,33,34). The summed E-state index contributed by atoms with van der Waals surface area (Å²) >= 11 is 0. The lowest BCUT2D eigenvalue weighted by molar-refractivity contribution is -0.0359. The first-order valence-corrected chi connectivity index (χ1v) is 12.7. The molecule has 0 radical (unpaired) electrons. The van der Waals surface area contributed by atoms with E-state index in [-0.39, 0.29) is 6.10 Å². The quantitative estimate of drug-likeness (QED) is 0.378. The van der Waals surface area contributed by atoms with Gasteiger partial charge in [-0.15, -0.1) is 0 Å². The van der Waals surface area contributed by atoms with E-state index in [2.05, 4.69) is 26.3 Å². The summed E-state index contributed by atoms with van der Waals surface area (Å²) in [6.07, 6.45) is 6.02. The van der Waals surface area contributed by atoms with Crippen LogP contribution < -0.4 is 10.1 Å². The fourth-order valence-electron chi connectivity index (χ4n) is 4.38. The van der Waals surface area contributed by atoms with Crippen molar-refractivity contribution in [1.82, 2.24) is 15.0 Å². The van der Waals surface area contributed by atoms with Gasteiger partial charge in [0.1, 0.15) is 24.3 Å². The maximum Gasteiger partial charge on any atom is 0.230 e. The predicted molar refractivity (Wildman–Crippen MR) is 139 cm³/mol. The van der Waals surface area contributed by atoms with Crippen LogP contribution in [0.15, 0.2) is 48.8 Å². The highest BCUT2D eigenvalue weighted by molar-refractivity contribution is 5.98. The van der Waals surface area contributed by atoms with Crippen LogP contribution in [-0.2, 0) is 9.47 Å². The van der Waals surface area contributed by atoms with Crippen molar-refractivity contribution in [3.8, 4) is 23.2 Å². The number of hydrogen-bond donors (Lipinski definition) is 2. The van der Waals surface area contributed by atoms with Crippen molar-refractivity contribution in [3.05, 3.63) is 59.9 Å². The molecule has 0 bridgehead atoms. The van der Waals surface area contributed by atoms with Gasteiger partial charge in [-0.05, 0) is 55.2 Å². The molecule has 190 valence electrons. The zero-order valence-electron chi connectivity index (χ0n) is 20.7. The minimum atomic E-state index is 0.0530. The van der Waals surface area contributed by atoms with Gasteiger partial charge in [0.2, 0.25) is 5.95 Å². The molecule has 9 heteroatoms. The number of nitriles is 1. The molecule has 2 aliphatic heterocycles. The Morgan fingerprint density at radius 2 is 1.89 bits per heavy atom. The number of hydrogen-bond acceptors (Lipinski definition) is 9. The molecule has 3 aromatic rings. The molecule has 2 aromatic carbocycles. The largest absolute Gasteiger partial charge is 0.489 e. The molecule has 2 aliphatic rings. The Morgan fingerprint density at radius 1 is 1.08 bits per heavy atom. The van der Waals surface area contributed by atoms with E-state index in [0.29, 0.717) is 53.5 Å².